The van der Waals surface area contributed by atoms with Gasteiger partial charge in [-0.15, -0.1) is 0 Å². The van der Waals surface area contributed by atoms with E-state index in [9.17, 15) is 9.18 Å². The van der Waals surface area contributed by atoms with Crippen molar-refractivity contribution in [3.63, 3.8) is 0 Å². The first kappa shape index (κ1) is 15.1. The Balaban J connectivity index is 1.51. The highest BCUT2D eigenvalue weighted by atomic mass is 19.1. The Morgan fingerprint density at radius 1 is 1.13 bits per heavy atom. The van der Waals surface area contributed by atoms with Crippen LogP contribution in [0.1, 0.15) is 50.2 Å². The smallest absolute Gasteiger partial charge is 0.254 e. The van der Waals surface area contributed by atoms with Crippen molar-refractivity contribution in [1.29, 1.82) is 0 Å². The van der Waals surface area contributed by atoms with Crippen molar-refractivity contribution in [2.24, 2.45) is 17.8 Å². The van der Waals surface area contributed by atoms with Gasteiger partial charge in [0.2, 0.25) is 0 Å². The third kappa shape index (κ3) is 2.78. The molecule has 0 saturated heterocycles. The normalized spacial score (nSPS) is 36.0. The molecule has 23 heavy (non-hydrogen) atoms. The topological polar surface area (TPSA) is 38.3 Å². The zero-order valence-electron chi connectivity index (χ0n) is 13.6. The Hall–Kier alpha value is -1.42. The predicted octanol–water partition coefficient (Wildman–Crippen LogP) is 3.60. The molecule has 5 rings (SSSR count). The first-order valence-electron chi connectivity index (χ1n) is 8.67. The molecule has 0 aliphatic heterocycles. The van der Waals surface area contributed by atoms with Crippen LogP contribution in [0.5, 0.6) is 0 Å². The monoisotopic (exact) mass is 317 g/mol. The highest BCUT2D eigenvalue weighted by Crippen LogP contribution is 2.55. The maximum atomic E-state index is 13.1. The molecule has 4 aliphatic rings. The molecule has 1 aromatic carbocycles. The van der Waals surface area contributed by atoms with E-state index < -0.39 is 6.10 Å². The van der Waals surface area contributed by atoms with Gasteiger partial charge in [-0.1, -0.05) is 12.1 Å². The van der Waals surface area contributed by atoms with Crippen LogP contribution in [0.15, 0.2) is 24.3 Å². The number of amides is 1. The first-order valence-corrected chi connectivity index (χ1v) is 8.67. The van der Waals surface area contributed by atoms with Crippen LogP contribution in [0.4, 0.5) is 4.39 Å². The summed E-state index contributed by atoms with van der Waals surface area (Å²) in [6, 6.07) is 6.00. The van der Waals surface area contributed by atoms with Crippen molar-refractivity contribution in [3.8, 4) is 0 Å². The van der Waals surface area contributed by atoms with Crippen molar-refractivity contribution >= 4 is 5.91 Å². The Labute approximate surface area is 136 Å². The quantitative estimate of drug-likeness (QED) is 0.921. The van der Waals surface area contributed by atoms with Gasteiger partial charge < -0.3 is 10.1 Å². The lowest BCUT2D eigenvalue weighted by molar-refractivity contribution is -0.137. The summed E-state index contributed by atoms with van der Waals surface area (Å²) in [7, 11) is 1.54. The minimum atomic E-state index is -0.663. The fourth-order valence-electron chi connectivity index (χ4n) is 5.62. The molecule has 4 fully saturated rings. The van der Waals surface area contributed by atoms with Crippen LogP contribution in [-0.4, -0.2) is 18.6 Å². The van der Waals surface area contributed by atoms with Gasteiger partial charge in [0.1, 0.15) is 5.82 Å². The molecule has 3 nitrogen and oxygen atoms in total. The largest absolute Gasteiger partial charge is 0.367 e. The second kappa shape index (κ2) is 5.59. The minimum absolute atomic E-state index is 0.0252. The van der Waals surface area contributed by atoms with Gasteiger partial charge in [0, 0.05) is 12.6 Å². The van der Waals surface area contributed by atoms with Crippen LogP contribution >= 0.6 is 0 Å². The Morgan fingerprint density at radius 2 is 1.65 bits per heavy atom. The van der Waals surface area contributed by atoms with E-state index in [-0.39, 0.29) is 17.3 Å². The lowest BCUT2D eigenvalue weighted by Crippen LogP contribution is -2.60. The van der Waals surface area contributed by atoms with E-state index in [1.54, 1.807) is 12.1 Å². The molecule has 1 amide bonds. The molecule has 0 heterocycles. The van der Waals surface area contributed by atoms with E-state index in [4.69, 9.17) is 4.74 Å². The highest BCUT2D eigenvalue weighted by Gasteiger charge is 2.51. The van der Waals surface area contributed by atoms with E-state index in [1.807, 2.05) is 0 Å². The number of ether oxygens (including phenoxy) is 1. The Bertz CT molecular complexity index is 563. The summed E-state index contributed by atoms with van der Waals surface area (Å²) in [5.41, 5.74) is 0.680. The van der Waals surface area contributed by atoms with Gasteiger partial charge in [-0.05, 0) is 74.0 Å². The maximum absolute atomic E-state index is 13.1. The van der Waals surface area contributed by atoms with Crippen LogP contribution < -0.4 is 5.32 Å². The van der Waals surface area contributed by atoms with Crippen molar-refractivity contribution in [2.75, 3.05) is 7.11 Å². The van der Waals surface area contributed by atoms with Crippen LogP contribution in [0, 0.1) is 23.6 Å². The number of benzene rings is 1. The molecular formula is C19H24FNO2. The second-order valence-corrected chi connectivity index (χ2v) is 7.85. The number of carbonyl (C=O) groups excluding carboxylic acids is 1. The molecule has 4 bridgehead atoms. The third-order valence-electron chi connectivity index (χ3n) is 6.07. The summed E-state index contributed by atoms with van der Waals surface area (Å²) >= 11 is 0. The molecule has 0 spiro atoms. The molecule has 124 valence electrons. The van der Waals surface area contributed by atoms with Crippen molar-refractivity contribution in [1.82, 2.24) is 5.32 Å². The lowest BCUT2D eigenvalue weighted by Gasteiger charge is -2.57. The van der Waals surface area contributed by atoms with Gasteiger partial charge in [-0.2, -0.15) is 0 Å². The molecule has 1 aromatic rings. The number of nitrogens with one attached hydrogen (secondary N) is 1. The molecule has 1 N–H and O–H groups in total. The summed E-state index contributed by atoms with van der Waals surface area (Å²) in [5.74, 6) is 1.97. The second-order valence-electron chi connectivity index (χ2n) is 7.85. The van der Waals surface area contributed by atoms with Crippen molar-refractivity contribution in [3.05, 3.63) is 35.6 Å². The van der Waals surface area contributed by atoms with Crippen molar-refractivity contribution in [2.45, 2.75) is 50.2 Å². The number of hydrogen-bond donors (Lipinski definition) is 1. The maximum Gasteiger partial charge on any atom is 0.254 e. The van der Waals surface area contributed by atoms with Gasteiger partial charge in [-0.3, -0.25) is 4.79 Å². The number of rotatable bonds is 4. The molecule has 1 atom stereocenters. The molecular weight excluding hydrogens is 293 g/mol. The van der Waals surface area contributed by atoms with E-state index in [2.05, 4.69) is 5.32 Å². The summed E-state index contributed by atoms with van der Waals surface area (Å²) in [6.07, 6.45) is 6.73. The Kier molecular flexibility index (Phi) is 3.67. The van der Waals surface area contributed by atoms with E-state index in [0.29, 0.717) is 5.56 Å². The lowest BCUT2D eigenvalue weighted by atomic mass is 9.53. The first-order chi connectivity index (χ1) is 11.1. The fourth-order valence-corrected chi connectivity index (χ4v) is 5.62. The number of methoxy groups -OCH3 is 1. The van der Waals surface area contributed by atoms with Crippen LogP contribution in [0.3, 0.4) is 0 Å². The van der Waals surface area contributed by atoms with Crippen LogP contribution in [0.25, 0.3) is 0 Å². The summed E-state index contributed by atoms with van der Waals surface area (Å²) in [4.78, 5) is 12.8. The van der Waals surface area contributed by atoms with Gasteiger partial charge in [0.15, 0.2) is 6.10 Å². The standard InChI is InChI=1S/C19H24FNO2/c1-23-17(15-2-4-16(20)5-3-15)18(22)21-19-9-12-6-13(10-19)8-14(7-12)11-19/h2-5,12-14,17H,6-11H2,1H3,(H,21,22). The third-order valence-corrected chi connectivity index (χ3v) is 6.07. The van der Waals surface area contributed by atoms with Crippen LogP contribution in [-0.2, 0) is 9.53 Å². The van der Waals surface area contributed by atoms with Gasteiger partial charge >= 0.3 is 0 Å². The van der Waals surface area contributed by atoms with E-state index in [1.165, 1.54) is 38.5 Å². The van der Waals surface area contributed by atoms with E-state index in [0.717, 1.165) is 37.0 Å². The Morgan fingerprint density at radius 3 is 2.13 bits per heavy atom. The molecule has 0 radical (unpaired) electrons. The average Bonchev–Trinajstić information content (AvgIpc) is 2.48. The highest BCUT2D eigenvalue weighted by molar-refractivity contribution is 5.83. The zero-order valence-corrected chi connectivity index (χ0v) is 13.6. The molecule has 4 heteroatoms. The fraction of sp³-hybridized carbons (Fsp3) is 0.632. The molecule has 4 aliphatic carbocycles. The average molecular weight is 317 g/mol. The van der Waals surface area contributed by atoms with Crippen molar-refractivity contribution < 1.29 is 13.9 Å². The molecule has 0 aromatic heterocycles. The van der Waals surface area contributed by atoms with Gasteiger partial charge in [-0.25, -0.2) is 4.39 Å². The molecule has 4 saturated carbocycles. The predicted molar refractivity (Wildman–Crippen MR) is 85.2 cm³/mol. The SMILES string of the molecule is COC(C(=O)NC12CC3CC(CC(C3)C1)C2)c1ccc(F)cc1. The minimum Gasteiger partial charge on any atom is -0.367 e. The van der Waals surface area contributed by atoms with Gasteiger partial charge in [0.05, 0.1) is 0 Å². The van der Waals surface area contributed by atoms with Crippen LogP contribution in [0.2, 0.25) is 0 Å². The number of hydrogen-bond acceptors (Lipinski definition) is 2. The zero-order chi connectivity index (χ0) is 16.0. The number of carbonyl (C=O) groups is 1. The van der Waals surface area contributed by atoms with Gasteiger partial charge in [0.25, 0.3) is 5.91 Å². The summed E-state index contributed by atoms with van der Waals surface area (Å²) < 4.78 is 18.5. The summed E-state index contributed by atoms with van der Waals surface area (Å²) in [5, 5.41) is 3.33. The summed E-state index contributed by atoms with van der Waals surface area (Å²) in [6.45, 7) is 0. The van der Waals surface area contributed by atoms with E-state index >= 15 is 0 Å². The molecule has 1 unspecified atom stereocenters. The number of halogens is 1.